The summed E-state index contributed by atoms with van der Waals surface area (Å²) in [5.41, 5.74) is 8.15. The lowest BCUT2D eigenvalue weighted by molar-refractivity contribution is 0.612. The van der Waals surface area contributed by atoms with Gasteiger partial charge in [-0.2, -0.15) is 10.4 Å². The van der Waals surface area contributed by atoms with Crippen molar-refractivity contribution in [3.05, 3.63) is 41.6 Å². The Bertz CT molecular complexity index is 775. The number of aromatic nitrogens is 2. The van der Waals surface area contributed by atoms with Crippen molar-refractivity contribution in [2.24, 2.45) is 10.9 Å². The Labute approximate surface area is 178 Å². The third kappa shape index (κ3) is 6.43. The number of aliphatic imine (C=N–C) groups is 1. The van der Waals surface area contributed by atoms with Gasteiger partial charge in [0.15, 0.2) is 5.96 Å². The van der Waals surface area contributed by atoms with Crippen LogP contribution >= 0.6 is 24.0 Å². The fourth-order valence-corrected chi connectivity index (χ4v) is 2.53. The van der Waals surface area contributed by atoms with E-state index in [1.165, 1.54) is 0 Å². The molecule has 0 aliphatic rings. The molecule has 0 aliphatic heterocycles. The number of nitrogens with one attached hydrogen (secondary N) is 2. The number of nitrogen functional groups attached to an aromatic ring is 1. The number of hydrogen-bond donors (Lipinski definition) is 3. The fourth-order valence-electron chi connectivity index (χ4n) is 2.53. The topological polar surface area (TPSA) is 104 Å². The summed E-state index contributed by atoms with van der Waals surface area (Å²) >= 11 is 0. The average Bonchev–Trinajstić information content (AvgIpc) is 2.97. The highest BCUT2D eigenvalue weighted by atomic mass is 127. The molecule has 1 heterocycles. The summed E-state index contributed by atoms with van der Waals surface area (Å²) in [7, 11) is 1.76. The van der Waals surface area contributed by atoms with Crippen LogP contribution in [0.2, 0.25) is 0 Å². The molecule has 0 saturated carbocycles. The monoisotopic (exact) mass is 481 g/mol. The highest BCUT2D eigenvalue weighted by molar-refractivity contribution is 14.0. The number of guanidine groups is 1. The molecule has 0 unspecified atom stereocenters. The number of anilines is 1. The number of nitrogens with two attached hydrogens (primary N) is 1. The molecule has 0 fully saturated rings. The van der Waals surface area contributed by atoms with Gasteiger partial charge >= 0.3 is 0 Å². The second-order valence-electron chi connectivity index (χ2n) is 6.44. The van der Waals surface area contributed by atoms with Crippen molar-refractivity contribution in [3.8, 4) is 11.8 Å². The van der Waals surface area contributed by atoms with E-state index < -0.39 is 0 Å². The third-order valence-electron chi connectivity index (χ3n) is 3.89. The van der Waals surface area contributed by atoms with Crippen LogP contribution in [0.1, 0.15) is 31.5 Å². The Kier molecular flexibility index (Phi) is 9.64. The molecule has 2 rings (SSSR count). The largest absolute Gasteiger partial charge is 0.382 e. The minimum Gasteiger partial charge on any atom is -0.382 e. The van der Waals surface area contributed by atoms with Gasteiger partial charge in [-0.05, 0) is 30.9 Å². The normalized spacial score (nSPS) is 11.0. The standard InChI is InChI=1S/C19H27N7.HI/c1-14(2)13-24-19(22-3)23-11-7-10-17-16(12-20)18(21)26(25-17)15-8-5-4-6-9-15;/h4-6,8-9,14H,7,10-11,13,21H2,1-3H3,(H2,22,23,24);1H. The molecule has 4 N–H and O–H groups in total. The first kappa shape index (κ1) is 22.8. The molecule has 2 aromatic rings. The Balaban J connectivity index is 0.00000364. The second-order valence-corrected chi connectivity index (χ2v) is 6.44. The second kappa shape index (κ2) is 11.4. The van der Waals surface area contributed by atoms with Crippen LogP contribution in [0.25, 0.3) is 5.69 Å². The predicted molar refractivity (Wildman–Crippen MR) is 121 cm³/mol. The van der Waals surface area contributed by atoms with Gasteiger partial charge in [0.2, 0.25) is 0 Å². The average molecular weight is 481 g/mol. The van der Waals surface area contributed by atoms with Crippen LogP contribution in [-0.4, -0.2) is 35.9 Å². The van der Waals surface area contributed by atoms with Crippen molar-refractivity contribution in [2.75, 3.05) is 25.9 Å². The maximum atomic E-state index is 9.44. The molecule has 0 spiro atoms. The van der Waals surface area contributed by atoms with Gasteiger partial charge in [0.1, 0.15) is 17.5 Å². The maximum absolute atomic E-state index is 9.44. The molecule has 0 amide bonds. The Morgan fingerprint density at radius 3 is 2.59 bits per heavy atom. The summed E-state index contributed by atoms with van der Waals surface area (Å²) < 4.78 is 1.63. The number of nitrogens with zero attached hydrogens (tertiary/aromatic N) is 4. The number of benzene rings is 1. The lowest BCUT2D eigenvalue weighted by atomic mass is 10.1. The van der Waals surface area contributed by atoms with E-state index in [0.29, 0.717) is 23.7 Å². The lowest BCUT2D eigenvalue weighted by Crippen LogP contribution is -2.39. The number of halogens is 1. The first-order valence-corrected chi connectivity index (χ1v) is 8.84. The molecule has 0 radical (unpaired) electrons. The molecule has 0 bridgehead atoms. The molecule has 0 saturated heterocycles. The van der Waals surface area contributed by atoms with E-state index in [9.17, 15) is 5.26 Å². The maximum Gasteiger partial charge on any atom is 0.190 e. The zero-order valence-electron chi connectivity index (χ0n) is 16.1. The summed E-state index contributed by atoms with van der Waals surface area (Å²) in [4.78, 5) is 4.20. The molecule has 0 atom stereocenters. The van der Waals surface area contributed by atoms with Gasteiger partial charge in [-0.25, -0.2) is 4.68 Å². The lowest BCUT2D eigenvalue weighted by Gasteiger charge is -2.13. The molecule has 146 valence electrons. The molecular formula is C19H28IN7. The van der Waals surface area contributed by atoms with Gasteiger partial charge in [0.05, 0.1) is 11.4 Å². The van der Waals surface area contributed by atoms with Crippen LogP contribution in [0.5, 0.6) is 0 Å². The Morgan fingerprint density at radius 2 is 2.00 bits per heavy atom. The van der Waals surface area contributed by atoms with Crippen LogP contribution in [0.3, 0.4) is 0 Å². The molecular weight excluding hydrogens is 453 g/mol. The van der Waals surface area contributed by atoms with Crippen LogP contribution in [0.4, 0.5) is 5.82 Å². The summed E-state index contributed by atoms with van der Waals surface area (Å²) in [6.45, 7) is 5.91. The third-order valence-corrected chi connectivity index (χ3v) is 3.89. The van der Waals surface area contributed by atoms with Gasteiger partial charge < -0.3 is 16.4 Å². The highest BCUT2D eigenvalue weighted by Crippen LogP contribution is 2.21. The Hall–Kier alpha value is -2.28. The van der Waals surface area contributed by atoms with E-state index in [-0.39, 0.29) is 24.0 Å². The molecule has 8 heteroatoms. The van der Waals surface area contributed by atoms with E-state index >= 15 is 0 Å². The number of para-hydroxylation sites is 1. The van der Waals surface area contributed by atoms with E-state index in [4.69, 9.17) is 5.73 Å². The SMILES string of the molecule is CN=C(NCCCc1nn(-c2ccccc2)c(N)c1C#N)NCC(C)C.I. The minimum atomic E-state index is 0. The van der Waals surface area contributed by atoms with Crippen molar-refractivity contribution in [1.29, 1.82) is 5.26 Å². The van der Waals surface area contributed by atoms with Crippen LogP contribution < -0.4 is 16.4 Å². The van der Waals surface area contributed by atoms with Crippen molar-refractivity contribution >= 4 is 35.8 Å². The highest BCUT2D eigenvalue weighted by Gasteiger charge is 2.16. The van der Waals surface area contributed by atoms with Crippen molar-refractivity contribution in [2.45, 2.75) is 26.7 Å². The van der Waals surface area contributed by atoms with Crippen molar-refractivity contribution < 1.29 is 0 Å². The van der Waals surface area contributed by atoms with Crippen LogP contribution in [0, 0.1) is 17.2 Å². The van der Waals surface area contributed by atoms with E-state index in [1.54, 1.807) is 11.7 Å². The van der Waals surface area contributed by atoms with Gasteiger partial charge in [0.25, 0.3) is 0 Å². The van der Waals surface area contributed by atoms with Gasteiger partial charge in [-0.1, -0.05) is 32.0 Å². The molecule has 0 aliphatic carbocycles. The zero-order valence-corrected chi connectivity index (χ0v) is 18.4. The first-order valence-electron chi connectivity index (χ1n) is 8.84. The van der Waals surface area contributed by atoms with Crippen LogP contribution in [-0.2, 0) is 6.42 Å². The molecule has 1 aromatic carbocycles. The van der Waals surface area contributed by atoms with Gasteiger partial charge in [0, 0.05) is 20.1 Å². The van der Waals surface area contributed by atoms with E-state index in [2.05, 4.69) is 40.6 Å². The van der Waals surface area contributed by atoms with E-state index in [1.807, 2.05) is 30.3 Å². The number of aryl methyl sites for hydroxylation is 1. The quantitative estimate of drug-likeness (QED) is 0.244. The molecule has 7 nitrogen and oxygen atoms in total. The number of hydrogen-bond acceptors (Lipinski definition) is 4. The fraction of sp³-hybridized carbons (Fsp3) is 0.421. The van der Waals surface area contributed by atoms with Crippen molar-refractivity contribution in [1.82, 2.24) is 20.4 Å². The zero-order chi connectivity index (χ0) is 18.9. The molecule has 27 heavy (non-hydrogen) atoms. The van der Waals surface area contributed by atoms with Crippen molar-refractivity contribution in [3.63, 3.8) is 0 Å². The van der Waals surface area contributed by atoms with Crippen LogP contribution in [0.15, 0.2) is 35.3 Å². The summed E-state index contributed by atoms with van der Waals surface area (Å²) in [5, 5.41) is 20.5. The van der Waals surface area contributed by atoms with E-state index in [0.717, 1.165) is 36.9 Å². The predicted octanol–water partition coefficient (Wildman–Crippen LogP) is 2.70. The first-order chi connectivity index (χ1) is 12.6. The smallest absolute Gasteiger partial charge is 0.190 e. The molecule has 1 aromatic heterocycles. The van der Waals surface area contributed by atoms with Gasteiger partial charge in [-0.15, -0.1) is 24.0 Å². The number of rotatable bonds is 7. The van der Waals surface area contributed by atoms with Gasteiger partial charge in [-0.3, -0.25) is 4.99 Å². The summed E-state index contributed by atoms with van der Waals surface area (Å²) in [6, 6.07) is 11.8. The summed E-state index contributed by atoms with van der Waals surface area (Å²) in [6.07, 6.45) is 1.49. The Morgan fingerprint density at radius 1 is 1.30 bits per heavy atom. The minimum absolute atomic E-state index is 0. The summed E-state index contributed by atoms with van der Waals surface area (Å²) in [5.74, 6) is 1.72. The number of nitriles is 1.